The highest BCUT2D eigenvalue weighted by Crippen LogP contribution is 2.03. The second kappa shape index (κ2) is 46.4. The van der Waals surface area contributed by atoms with Gasteiger partial charge < -0.3 is 4.40 Å². The topological polar surface area (TPSA) is 620 Å². The van der Waals surface area contributed by atoms with Gasteiger partial charge in [-0.25, -0.2) is 107 Å². The van der Waals surface area contributed by atoms with Crippen molar-refractivity contribution < 1.29 is 0 Å². The lowest BCUT2D eigenvalue weighted by atomic mass is 10.5. The van der Waals surface area contributed by atoms with E-state index in [4.69, 9.17) is 0 Å². The second-order valence-electron chi connectivity index (χ2n) is 24.9. The van der Waals surface area contributed by atoms with Gasteiger partial charge in [-0.1, -0.05) is 0 Å². The smallest absolute Gasteiger partial charge is 0.233 e. The van der Waals surface area contributed by atoms with Gasteiger partial charge in [-0.15, -0.1) is 73.7 Å². The lowest BCUT2D eigenvalue weighted by molar-refractivity contribution is 0.718. The van der Waals surface area contributed by atoms with Crippen LogP contribution in [0.1, 0.15) is 0 Å². The van der Waals surface area contributed by atoms with Gasteiger partial charge in [-0.3, -0.25) is 13.8 Å². The number of aromatic nitrogens is 58. The summed E-state index contributed by atoms with van der Waals surface area (Å²) in [4.78, 5) is 66.5. The fourth-order valence-electron chi connectivity index (χ4n) is 10.4. The average Bonchev–Trinajstić information content (AvgIpc) is 1.88. The Bertz CT molecular complexity index is 6180. The van der Waals surface area contributed by atoms with Crippen LogP contribution in [0.5, 0.6) is 0 Å². The Morgan fingerprint density at radius 1 is 0.170 bits per heavy atom. The van der Waals surface area contributed by atoms with Crippen LogP contribution in [0.2, 0.25) is 0 Å². The van der Waals surface area contributed by atoms with Crippen molar-refractivity contribution in [1.82, 2.24) is 286 Å². The molecule has 30 aromatic heterocycles. The third-order valence-corrected chi connectivity index (χ3v) is 16.5. The maximum absolute atomic E-state index is 4.04. The highest BCUT2D eigenvalue weighted by molar-refractivity contribution is 5.44. The minimum absolute atomic E-state index is 0.664. The minimum Gasteiger partial charge on any atom is -0.304 e. The van der Waals surface area contributed by atoms with Crippen molar-refractivity contribution in [3.63, 3.8) is 0 Å². The Labute approximate surface area is 750 Å². The Morgan fingerprint density at radius 2 is 0.637 bits per heavy atom. The maximum atomic E-state index is 4.04. The van der Waals surface area contributed by atoms with Gasteiger partial charge in [0.2, 0.25) is 5.78 Å². The summed E-state index contributed by atoms with van der Waals surface area (Å²) in [5, 5.41) is 98.6. The standard InChI is InChI=1S/4C6H5N3.9C5H4N4.2C4H3N5/c1-3-9-4-2-8-6(9)5-7-1;1-2-7-5-9-4-3-8-6(1)9;1-2-7-6-8-3-5-9(6)4-1;1-2-6-7-4-5-9(6)8-3-1;1-3-6-8-9-5(1)2-4-7-9;2*1-2-8-9-4-6-3-7-5(1)9;2*1-2-8-9-4-7-6-3-5(1)9;1-2-7-9-5(1)3-6-4-8-9;1-2-7-9-4-3-6-8-5(1)9;2*1-2-7-9-5(1)6-3-4-8-9;1-4-6-3-8-9(4)7-2-5-1;1-2-6-8-9-4(1)5-3-7-9/h4*1-5H;9*1-4H;2*1-3H. The van der Waals surface area contributed by atoms with Gasteiger partial charge >= 0.3 is 0 Å². The molecule has 0 aliphatic heterocycles. The van der Waals surface area contributed by atoms with Crippen molar-refractivity contribution in [3.8, 4) is 0 Å². The van der Waals surface area contributed by atoms with Crippen LogP contribution >= 0.6 is 0 Å². The first-order valence-corrected chi connectivity index (χ1v) is 38.8. The molecular formula is C77H62N58. The first kappa shape index (κ1) is 86.9. The van der Waals surface area contributed by atoms with Gasteiger partial charge in [0.05, 0.1) is 140 Å². The normalized spacial score (nSPS) is 10.2. The number of imidazole rings is 4. The first-order chi connectivity index (χ1) is 67.0. The van der Waals surface area contributed by atoms with E-state index >= 15 is 0 Å². The van der Waals surface area contributed by atoms with Crippen molar-refractivity contribution in [1.29, 1.82) is 0 Å². The zero-order chi connectivity index (χ0) is 91.6. The minimum atomic E-state index is 0.664. The molecule has 0 saturated carbocycles. The Morgan fingerprint density at radius 3 is 1.30 bits per heavy atom. The Hall–Kier alpha value is -21.6. The number of rotatable bonds is 0. The van der Waals surface area contributed by atoms with Gasteiger partial charge in [-0.05, 0) is 65.0 Å². The predicted octanol–water partition coefficient (Wildman–Crippen LogP) is 3.07. The summed E-state index contributed by atoms with van der Waals surface area (Å²) >= 11 is 0. The van der Waals surface area contributed by atoms with E-state index in [1.54, 1.807) is 269 Å². The predicted molar refractivity (Wildman–Crippen MR) is 466 cm³/mol. The molecule has 58 heteroatoms. The molecule has 0 radical (unpaired) electrons. The van der Waals surface area contributed by atoms with Gasteiger partial charge in [0, 0.05) is 136 Å². The van der Waals surface area contributed by atoms with Crippen LogP contribution in [0.3, 0.4) is 0 Å². The van der Waals surface area contributed by atoms with Gasteiger partial charge in [0.1, 0.15) is 80.8 Å². The molecule has 0 fully saturated rings. The van der Waals surface area contributed by atoms with Crippen LogP contribution in [0.25, 0.3) is 84.3 Å². The monoisotopic (exact) mass is 1800 g/mol. The van der Waals surface area contributed by atoms with Gasteiger partial charge in [-0.2, -0.15) is 76.5 Å². The van der Waals surface area contributed by atoms with Crippen molar-refractivity contribution in [3.05, 3.63) is 384 Å². The summed E-state index contributed by atoms with van der Waals surface area (Å²) in [5.41, 5.74) is 11.9. The molecule has 135 heavy (non-hydrogen) atoms. The van der Waals surface area contributed by atoms with E-state index in [1.165, 1.54) is 65.7 Å². The molecule has 0 atom stereocenters. The van der Waals surface area contributed by atoms with Crippen molar-refractivity contribution >= 4 is 84.3 Å². The van der Waals surface area contributed by atoms with E-state index in [2.05, 4.69) is 218 Å². The zero-order valence-electron chi connectivity index (χ0n) is 69.2. The lowest BCUT2D eigenvalue weighted by Crippen LogP contribution is -1.94. The summed E-state index contributed by atoms with van der Waals surface area (Å²) in [5.74, 6) is 0.748. The van der Waals surface area contributed by atoms with Crippen LogP contribution in [-0.4, -0.2) is 286 Å². The number of hydrogen-bond donors (Lipinski definition) is 0. The zero-order valence-corrected chi connectivity index (χ0v) is 69.2. The summed E-state index contributed by atoms with van der Waals surface area (Å²) in [6.45, 7) is 0. The molecule has 660 valence electrons. The third kappa shape index (κ3) is 25.1. The summed E-state index contributed by atoms with van der Waals surface area (Å²) < 4.78 is 24.3. The van der Waals surface area contributed by atoms with E-state index in [0.717, 1.165) is 73.0 Å². The van der Waals surface area contributed by atoms with E-state index in [9.17, 15) is 0 Å². The number of hydrogen-bond acceptors (Lipinski definition) is 43. The Balaban J connectivity index is 0.000000105. The van der Waals surface area contributed by atoms with Crippen molar-refractivity contribution in [2.45, 2.75) is 0 Å². The van der Waals surface area contributed by atoms with Crippen LogP contribution < -0.4 is 0 Å². The molecule has 0 unspecified atom stereocenters. The second-order valence-corrected chi connectivity index (χ2v) is 24.9. The molecule has 0 N–H and O–H groups in total. The molecule has 30 heterocycles. The molecule has 0 bridgehead atoms. The molecule has 0 aliphatic rings. The largest absolute Gasteiger partial charge is 0.304 e. The van der Waals surface area contributed by atoms with Crippen molar-refractivity contribution in [2.75, 3.05) is 0 Å². The lowest BCUT2D eigenvalue weighted by Gasteiger charge is -1.86. The molecule has 58 nitrogen and oxygen atoms in total. The molecule has 0 aliphatic carbocycles. The molecule has 0 amide bonds. The molecule has 0 saturated heterocycles. The van der Waals surface area contributed by atoms with E-state index in [0.29, 0.717) is 11.3 Å². The van der Waals surface area contributed by atoms with Crippen LogP contribution in [0.15, 0.2) is 384 Å². The SMILES string of the molecule is c1cc2ccnn2nn1.c1cc2cncnn2n1.c1cc2cnncn2n1.c1cc2cnncn2n1.c1cc2nccn2cn1.c1cc2ncnn2nn1.c1cn2ccnc2cn1.c1cn2nccc2nn1.c1cnc2nccn2c1.c1cnn2ccnc2c1.c1cnn2nccc2n1.c1cnn2nccc2n1.c1ncc2ncnn2n1.c1ncn2nccc2n1.c1ncn2nccc2n1. The van der Waals surface area contributed by atoms with Gasteiger partial charge in [0.25, 0.3) is 0 Å². The fourth-order valence-corrected chi connectivity index (χ4v) is 10.4. The third-order valence-electron chi connectivity index (χ3n) is 16.5. The van der Waals surface area contributed by atoms with Gasteiger partial charge in [0.15, 0.2) is 50.8 Å². The summed E-state index contributed by atoms with van der Waals surface area (Å²) in [6, 6.07) is 27.6. The summed E-state index contributed by atoms with van der Waals surface area (Å²) in [6.07, 6.45) is 78.4. The first-order valence-electron chi connectivity index (χ1n) is 38.8. The Kier molecular flexibility index (Phi) is 29.9. The molecule has 0 aromatic carbocycles. The number of nitrogens with zero attached hydrogens (tertiary/aromatic N) is 58. The van der Waals surface area contributed by atoms with Crippen molar-refractivity contribution in [2.24, 2.45) is 0 Å². The molecule has 0 spiro atoms. The molecule has 30 rings (SSSR count). The molecular weight excluding hydrogens is 1740 g/mol. The van der Waals surface area contributed by atoms with E-state index in [1.807, 2.05) is 117 Å². The van der Waals surface area contributed by atoms with E-state index < -0.39 is 0 Å². The highest BCUT2D eigenvalue weighted by Gasteiger charge is 1.99. The maximum Gasteiger partial charge on any atom is 0.233 e. The summed E-state index contributed by atoms with van der Waals surface area (Å²) in [7, 11) is 0. The fraction of sp³-hybridized carbons (Fsp3) is 0. The quantitative estimate of drug-likeness (QED) is 0.210. The van der Waals surface area contributed by atoms with Crippen LogP contribution in [-0.2, 0) is 0 Å². The van der Waals surface area contributed by atoms with E-state index in [-0.39, 0.29) is 0 Å². The molecule has 30 aromatic rings. The highest BCUT2D eigenvalue weighted by atomic mass is 15.5. The number of fused-ring (bicyclic) bond motifs is 15. The van der Waals surface area contributed by atoms with Crippen LogP contribution in [0.4, 0.5) is 0 Å². The van der Waals surface area contributed by atoms with Crippen LogP contribution in [0, 0.1) is 0 Å². The average molecular weight is 1800 g/mol.